The first-order valence-corrected chi connectivity index (χ1v) is 5.53. The van der Waals surface area contributed by atoms with E-state index in [2.05, 4.69) is 6.92 Å². The molecule has 0 spiro atoms. The van der Waals surface area contributed by atoms with Gasteiger partial charge < -0.3 is 5.11 Å². The maximum Gasteiger partial charge on any atom is 0.127 e. The van der Waals surface area contributed by atoms with Crippen LogP contribution in [0.5, 0.6) is 0 Å². The van der Waals surface area contributed by atoms with E-state index in [0.717, 1.165) is 12.8 Å². The van der Waals surface area contributed by atoms with E-state index in [9.17, 15) is 9.50 Å². The molecule has 1 N–H and O–H groups in total. The van der Waals surface area contributed by atoms with Gasteiger partial charge in [0.2, 0.25) is 0 Å². The van der Waals surface area contributed by atoms with Crippen molar-refractivity contribution in [3.05, 3.63) is 34.6 Å². The molecule has 0 atom stereocenters. The largest absolute Gasteiger partial charge is 0.390 e. The standard InChI is InChI=1S/C12H14ClFO/c1-8-5-12(15,6-8)7-9-2-3-10(13)4-11(9)14/h2-4,8,15H,5-7H2,1H3. The summed E-state index contributed by atoms with van der Waals surface area (Å²) in [6.45, 7) is 2.09. The lowest BCUT2D eigenvalue weighted by atomic mass is 9.69. The van der Waals surface area contributed by atoms with E-state index < -0.39 is 5.60 Å². The Morgan fingerprint density at radius 2 is 2.20 bits per heavy atom. The summed E-state index contributed by atoms with van der Waals surface area (Å²) in [5.41, 5.74) is -0.150. The lowest BCUT2D eigenvalue weighted by Gasteiger charge is -2.42. The molecule has 1 aliphatic carbocycles. The van der Waals surface area contributed by atoms with Crippen LogP contribution < -0.4 is 0 Å². The summed E-state index contributed by atoms with van der Waals surface area (Å²) in [6.07, 6.45) is 1.91. The SMILES string of the molecule is CC1CC(O)(Cc2ccc(Cl)cc2F)C1. The van der Waals surface area contributed by atoms with E-state index in [1.54, 1.807) is 12.1 Å². The minimum absolute atomic E-state index is 0.324. The highest BCUT2D eigenvalue weighted by Crippen LogP contribution is 2.40. The first-order chi connectivity index (χ1) is 6.98. The summed E-state index contributed by atoms with van der Waals surface area (Å²) in [5.74, 6) is 0.223. The normalized spacial score (nSPS) is 30.0. The molecule has 0 radical (unpaired) electrons. The summed E-state index contributed by atoms with van der Waals surface area (Å²) in [6, 6.07) is 4.60. The molecule has 0 aromatic heterocycles. The van der Waals surface area contributed by atoms with Gasteiger partial charge in [-0.15, -0.1) is 0 Å². The van der Waals surface area contributed by atoms with Gasteiger partial charge in [0.1, 0.15) is 5.82 Å². The molecule has 1 aromatic rings. The highest BCUT2D eigenvalue weighted by Gasteiger charge is 2.40. The molecule has 0 unspecified atom stereocenters. The Bertz CT molecular complexity index is 372. The Hall–Kier alpha value is -0.600. The molecule has 0 saturated heterocycles. The Kier molecular flexibility index (Phi) is 2.73. The van der Waals surface area contributed by atoms with E-state index >= 15 is 0 Å². The van der Waals surface area contributed by atoms with E-state index in [1.807, 2.05) is 0 Å². The van der Waals surface area contributed by atoms with Gasteiger partial charge in [-0.2, -0.15) is 0 Å². The smallest absolute Gasteiger partial charge is 0.127 e. The molecule has 1 nitrogen and oxygen atoms in total. The molecule has 1 aliphatic rings. The average molecular weight is 229 g/mol. The Balaban J connectivity index is 2.11. The fourth-order valence-electron chi connectivity index (χ4n) is 2.40. The highest BCUT2D eigenvalue weighted by atomic mass is 35.5. The van der Waals surface area contributed by atoms with Crippen LogP contribution in [0, 0.1) is 11.7 Å². The summed E-state index contributed by atoms with van der Waals surface area (Å²) < 4.78 is 13.4. The van der Waals surface area contributed by atoms with Gasteiger partial charge in [0.05, 0.1) is 5.60 Å². The lowest BCUT2D eigenvalue weighted by Crippen LogP contribution is -2.44. The number of rotatable bonds is 2. The summed E-state index contributed by atoms with van der Waals surface area (Å²) in [7, 11) is 0. The van der Waals surface area contributed by atoms with Gasteiger partial charge in [-0.25, -0.2) is 4.39 Å². The van der Waals surface area contributed by atoms with E-state index in [1.165, 1.54) is 6.07 Å². The van der Waals surface area contributed by atoms with Crippen LogP contribution in [0.4, 0.5) is 4.39 Å². The minimum Gasteiger partial charge on any atom is -0.390 e. The van der Waals surface area contributed by atoms with Gasteiger partial charge in [0, 0.05) is 11.4 Å². The predicted octanol–water partition coefficient (Wildman–Crippen LogP) is 3.18. The second kappa shape index (κ2) is 3.76. The van der Waals surface area contributed by atoms with Crippen molar-refractivity contribution < 1.29 is 9.50 Å². The lowest BCUT2D eigenvalue weighted by molar-refractivity contribution is -0.0671. The van der Waals surface area contributed by atoms with Crippen LogP contribution in [0.2, 0.25) is 5.02 Å². The van der Waals surface area contributed by atoms with Crippen molar-refractivity contribution in [3.8, 4) is 0 Å². The van der Waals surface area contributed by atoms with Crippen LogP contribution >= 0.6 is 11.6 Å². The van der Waals surface area contributed by atoms with Gasteiger partial charge in [-0.05, 0) is 36.5 Å². The van der Waals surface area contributed by atoms with Crippen LogP contribution in [0.1, 0.15) is 25.3 Å². The quantitative estimate of drug-likeness (QED) is 0.824. The highest BCUT2D eigenvalue weighted by molar-refractivity contribution is 6.30. The number of aliphatic hydroxyl groups is 1. The van der Waals surface area contributed by atoms with E-state index in [4.69, 9.17) is 11.6 Å². The fourth-order valence-corrected chi connectivity index (χ4v) is 2.56. The van der Waals surface area contributed by atoms with Crippen LogP contribution in [0.3, 0.4) is 0 Å². The number of hydrogen-bond donors (Lipinski definition) is 1. The third-order valence-corrected chi connectivity index (χ3v) is 3.23. The van der Waals surface area contributed by atoms with Crippen molar-refractivity contribution in [2.75, 3.05) is 0 Å². The Morgan fingerprint density at radius 1 is 1.53 bits per heavy atom. The molecule has 0 heterocycles. The molecule has 0 bridgehead atoms. The first kappa shape index (κ1) is 10.9. The molecule has 2 rings (SSSR count). The third kappa shape index (κ3) is 2.32. The zero-order chi connectivity index (χ0) is 11.1. The van der Waals surface area contributed by atoms with Crippen molar-refractivity contribution in [3.63, 3.8) is 0 Å². The molecule has 1 aromatic carbocycles. The Morgan fingerprint density at radius 3 is 2.73 bits per heavy atom. The zero-order valence-corrected chi connectivity index (χ0v) is 9.39. The summed E-state index contributed by atoms with van der Waals surface area (Å²) in [4.78, 5) is 0. The van der Waals surface area contributed by atoms with Crippen LogP contribution in [0.25, 0.3) is 0 Å². The van der Waals surface area contributed by atoms with E-state index in [0.29, 0.717) is 22.9 Å². The average Bonchev–Trinajstić information content (AvgIpc) is 2.08. The Labute approximate surface area is 93.9 Å². The molecule has 1 fully saturated rings. The molecule has 0 aliphatic heterocycles. The minimum atomic E-state index is -0.700. The molecular formula is C12H14ClFO. The molecule has 3 heteroatoms. The van der Waals surface area contributed by atoms with Crippen molar-refractivity contribution in [1.82, 2.24) is 0 Å². The van der Waals surface area contributed by atoms with Gasteiger partial charge in [0.25, 0.3) is 0 Å². The second-order valence-electron chi connectivity index (χ2n) is 4.65. The van der Waals surface area contributed by atoms with Crippen molar-refractivity contribution in [2.45, 2.75) is 31.8 Å². The molecular weight excluding hydrogens is 215 g/mol. The van der Waals surface area contributed by atoms with Gasteiger partial charge in [0.15, 0.2) is 0 Å². The predicted molar refractivity (Wildman–Crippen MR) is 58.5 cm³/mol. The van der Waals surface area contributed by atoms with Crippen molar-refractivity contribution in [2.24, 2.45) is 5.92 Å². The second-order valence-corrected chi connectivity index (χ2v) is 5.09. The maximum absolute atomic E-state index is 13.4. The van der Waals surface area contributed by atoms with Gasteiger partial charge in [-0.3, -0.25) is 0 Å². The molecule has 1 saturated carbocycles. The summed E-state index contributed by atoms with van der Waals surface area (Å²) >= 11 is 5.66. The van der Waals surface area contributed by atoms with Crippen LogP contribution in [0.15, 0.2) is 18.2 Å². The summed E-state index contributed by atoms with van der Waals surface area (Å²) in [5, 5.41) is 10.4. The fraction of sp³-hybridized carbons (Fsp3) is 0.500. The molecule has 0 amide bonds. The van der Waals surface area contributed by atoms with Crippen molar-refractivity contribution >= 4 is 11.6 Å². The maximum atomic E-state index is 13.4. The van der Waals surface area contributed by atoms with Crippen LogP contribution in [-0.4, -0.2) is 10.7 Å². The van der Waals surface area contributed by atoms with Crippen molar-refractivity contribution in [1.29, 1.82) is 0 Å². The van der Waals surface area contributed by atoms with Crippen LogP contribution in [-0.2, 0) is 6.42 Å². The van der Waals surface area contributed by atoms with Gasteiger partial charge >= 0.3 is 0 Å². The monoisotopic (exact) mass is 228 g/mol. The number of halogens is 2. The molecule has 82 valence electrons. The topological polar surface area (TPSA) is 20.2 Å². The first-order valence-electron chi connectivity index (χ1n) is 5.15. The molecule has 15 heavy (non-hydrogen) atoms. The third-order valence-electron chi connectivity index (χ3n) is 2.99. The number of hydrogen-bond acceptors (Lipinski definition) is 1. The number of benzene rings is 1. The van der Waals surface area contributed by atoms with Gasteiger partial charge in [-0.1, -0.05) is 24.6 Å². The zero-order valence-electron chi connectivity index (χ0n) is 8.63. The van der Waals surface area contributed by atoms with E-state index in [-0.39, 0.29) is 5.82 Å².